The molecule has 2 unspecified atom stereocenters. The largest absolute Gasteiger partial charge is 0.389 e. The van der Waals surface area contributed by atoms with Gasteiger partial charge in [0.05, 0.1) is 12.1 Å². The van der Waals surface area contributed by atoms with Crippen molar-refractivity contribution in [2.45, 2.75) is 37.5 Å². The quantitative estimate of drug-likeness (QED) is 0.622. The molecular weight excluding hydrogens is 344 g/mol. The van der Waals surface area contributed by atoms with E-state index >= 15 is 0 Å². The van der Waals surface area contributed by atoms with Crippen molar-refractivity contribution in [3.63, 3.8) is 0 Å². The number of carbonyl (C=O) groups excluding carboxylic acids is 1. The van der Waals surface area contributed by atoms with Crippen LogP contribution in [0.4, 0.5) is 17.6 Å². The van der Waals surface area contributed by atoms with Gasteiger partial charge in [-0.1, -0.05) is 18.2 Å². The molecule has 1 aliphatic heterocycles. The smallest absolute Gasteiger partial charge is 0.251 e. The number of aromatic nitrogens is 2. The van der Waals surface area contributed by atoms with Crippen LogP contribution in [0, 0.1) is 0 Å². The lowest BCUT2D eigenvalue weighted by molar-refractivity contribution is 0.0797. The summed E-state index contributed by atoms with van der Waals surface area (Å²) in [6, 6.07) is 11.1. The summed E-state index contributed by atoms with van der Waals surface area (Å²) in [5, 5.41) is 16.8. The Morgan fingerprint density at radius 3 is 2.67 bits per heavy atom. The highest BCUT2D eigenvalue weighted by Crippen LogP contribution is 2.27. The summed E-state index contributed by atoms with van der Waals surface area (Å²) >= 11 is 0. The van der Waals surface area contributed by atoms with Gasteiger partial charge in [-0.2, -0.15) is 9.97 Å². The molecule has 142 valence electrons. The van der Waals surface area contributed by atoms with E-state index in [9.17, 15) is 9.90 Å². The first-order chi connectivity index (χ1) is 13.1. The third kappa shape index (κ3) is 4.28. The number of hydrogen-bond acceptors (Lipinski definition) is 7. The monoisotopic (exact) mass is 368 g/mol. The molecule has 2 atom stereocenters. The van der Waals surface area contributed by atoms with E-state index in [0.717, 1.165) is 12.8 Å². The van der Waals surface area contributed by atoms with Crippen LogP contribution < -0.4 is 21.3 Å². The number of anilines is 3. The van der Waals surface area contributed by atoms with E-state index in [-0.39, 0.29) is 17.9 Å². The Bertz CT molecular complexity index is 811. The Hall–Kier alpha value is -2.87. The van der Waals surface area contributed by atoms with Crippen LogP contribution in [-0.2, 0) is 0 Å². The predicted octanol–water partition coefficient (Wildman–Crippen LogP) is 1.00. The number of carbonyl (C=O) groups is 1. The van der Waals surface area contributed by atoms with Crippen LogP contribution in [0.25, 0.3) is 0 Å². The minimum atomic E-state index is -0.692. The standard InChI is InChI=1S/C19H24N6O2/c20-19-23-16(21-13-6-7-13)10-17(24-19)25-9-8-14(15(26)11-25)22-18(27)12-4-2-1-3-5-12/h1-5,10,13-15,26H,6-9,11H2,(H,22,27)(H3,20,21,23,24). The average Bonchev–Trinajstić information content (AvgIpc) is 3.47. The molecule has 0 spiro atoms. The zero-order chi connectivity index (χ0) is 18.8. The molecule has 5 N–H and O–H groups in total. The second kappa shape index (κ2) is 7.40. The summed E-state index contributed by atoms with van der Waals surface area (Å²) in [4.78, 5) is 22.8. The predicted molar refractivity (Wildman–Crippen MR) is 104 cm³/mol. The fourth-order valence-electron chi connectivity index (χ4n) is 3.27. The number of piperidine rings is 1. The van der Waals surface area contributed by atoms with Gasteiger partial charge in [-0.3, -0.25) is 4.79 Å². The molecule has 2 aromatic rings. The maximum atomic E-state index is 12.3. The molecule has 2 heterocycles. The number of nitrogen functional groups attached to an aromatic ring is 1. The second-order valence-electron chi connectivity index (χ2n) is 7.14. The van der Waals surface area contributed by atoms with Crippen LogP contribution in [-0.4, -0.2) is 52.3 Å². The topological polar surface area (TPSA) is 116 Å². The number of hydrogen-bond donors (Lipinski definition) is 4. The third-order valence-corrected chi connectivity index (χ3v) is 4.92. The van der Waals surface area contributed by atoms with Gasteiger partial charge in [0, 0.05) is 30.8 Å². The minimum absolute atomic E-state index is 0.171. The van der Waals surface area contributed by atoms with Crippen molar-refractivity contribution in [3.05, 3.63) is 42.0 Å². The van der Waals surface area contributed by atoms with Crippen molar-refractivity contribution >= 4 is 23.5 Å². The maximum Gasteiger partial charge on any atom is 0.251 e. The Labute approximate surface area is 157 Å². The highest BCUT2D eigenvalue weighted by molar-refractivity contribution is 5.94. The summed E-state index contributed by atoms with van der Waals surface area (Å²) in [6.45, 7) is 1.04. The third-order valence-electron chi connectivity index (χ3n) is 4.92. The molecule has 1 saturated carbocycles. The first-order valence-corrected chi connectivity index (χ1v) is 9.28. The van der Waals surface area contributed by atoms with Gasteiger partial charge < -0.3 is 26.4 Å². The Morgan fingerprint density at radius 2 is 1.96 bits per heavy atom. The van der Waals surface area contributed by atoms with E-state index < -0.39 is 6.10 Å². The van der Waals surface area contributed by atoms with Gasteiger partial charge in [-0.15, -0.1) is 0 Å². The molecule has 2 fully saturated rings. The molecule has 0 radical (unpaired) electrons. The molecule has 1 saturated heterocycles. The van der Waals surface area contributed by atoms with Gasteiger partial charge in [0.15, 0.2) is 0 Å². The van der Waals surface area contributed by atoms with Crippen LogP contribution >= 0.6 is 0 Å². The Balaban J connectivity index is 1.39. The van der Waals surface area contributed by atoms with Crippen LogP contribution in [0.5, 0.6) is 0 Å². The summed E-state index contributed by atoms with van der Waals surface area (Å²) in [6.07, 6.45) is 2.21. The number of aliphatic hydroxyl groups excluding tert-OH is 1. The van der Waals surface area contributed by atoms with Gasteiger partial charge in [0.25, 0.3) is 5.91 Å². The van der Waals surface area contributed by atoms with Gasteiger partial charge in [-0.25, -0.2) is 0 Å². The maximum absolute atomic E-state index is 12.3. The average molecular weight is 368 g/mol. The Kier molecular flexibility index (Phi) is 4.81. The van der Waals surface area contributed by atoms with Crippen LogP contribution in [0.1, 0.15) is 29.6 Å². The van der Waals surface area contributed by atoms with Crippen molar-refractivity contribution in [3.8, 4) is 0 Å². The number of β-amino-alcohol motifs (C(OH)–C–C–N with tert-alkyl or cyclic N) is 1. The molecule has 2 aliphatic rings. The molecule has 1 aliphatic carbocycles. The van der Waals surface area contributed by atoms with E-state index in [1.165, 1.54) is 0 Å². The summed E-state index contributed by atoms with van der Waals surface area (Å²) in [7, 11) is 0. The van der Waals surface area contributed by atoms with Crippen molar-refractivity contribution in [1.29, 1.82) is 0 Å². The van der Waals surface area contributed by atoms with Gasteiger partial charge in [0.2, 0.25) is 5.95 Å². The van der Waals surface area contributed by atoms with Gasteiger partial charge in [0.1, 0.15) is 11.6 Å². The van der Waals surface area contributed by atoms with Crippen molar-refractivity contribution < 1.29 is 9.90 Å². The number of nitrogens with one attached hydrogen (secondary N) is 2. The van der Waals surface area contributed by atoms with E-state index in [2.05, 4.69) is 20.6 Å². The normalized spacial score (nSPS) is 22.3. The zero-order valence-electron chi connectivity index (χ0n) is 15.0. The van der Waals surface area contributed by atoms with Crippen LogP contribution in [0.2, 0.25) is 0 Å². The van der Waals surface area contributed by atoms with E-state index in [1.807, 2.05) is 29.2 Å². The van der Waals surface area contributed by atoms with Crippen LogP contribution in [0.3, 0.4) is 0 Å². The highest BCUT2D eigenvalue weighted by Gasteiger charge is 2.30. The first kappa shape index (κ1) is 17.5. The fourth-order valence-corrected chi connectivity index (χ4v) is 3.27. The Morgan fingerprint density at radius 1 is 1.19 bits per heavy atom. The van der Waals surface area contributed by atoms with Crippen molar-refractivity contribution in [1.82, 2.24) is 15.3 Å². The number of rotatable bonds is 5. The molecular formula is C19H24N6O2. The summed E-state index contributed by atoms with van der Waals surface area (Å²) in [5.41, 5.74) is 6.44. The molecule has 8 nitrogen and oxygen atoms in total. The summed E-state index contributed by atoms with van der Waals surface area (Å²) < 4.78 is 0. The SMILES string of the molecule is Nc1nc(NC2CC2)cc(N2CCC(NC(=O)c3ccccc3)C(O)C2)n1. The minimum Gasteiger partial charge on any atom is -0.389 e. The first-order valence-electron chi connectivity index (χ1n) is 9.28. The van der Waals surface area contributed by atoms with Crippen molar-refractivity contribution in [2.24, 2.45) is 0 Å². The molecule has 8 heteroatoms. The van der Waals surface area contributed by atoms with E-state index in [4.69, 9.17) is 5.73 Å². The molecule has 27 heavy (non-hydrogen) atoms. The molecule has 4 rings (SSSR count). The molecule has 1 amide bonds. The number of nitrogens with two attached hydrogens (primary N) is 1. The number of benzene rings is 1. The second-order valence-corrected chi connectivity index (χ2v) is 7.14. The lowest BCUT2D eigenvalue weighted by Gasteiger charge is -2.37. The molecule has 1 aromatic carbocycles. The van der Waals surface area contributed by atoms with Crippen LogP contribution in [0.15, 0.2) is 36.4 Å². The zero-order valence-corrected chi connectivity index (χ0v) is 15.0. The summed E-state index contributed by atoms with van der Waals surface area (Å²) in [5.74, 6) is 1.45. The fraction of sp³-hybridized carbons (Fsp3) is 0.421. The lowest BCUT2D eigenvalue weighted by atomic mass is 10.0. The van der Waals surface area contributed by atoms with Gasteiger partial charge >= 0.3 is 0 Å². The van der Waals surface area contributed by atoms with E-state index in [0.29, 0.717) is 42.8 Å². The highest BCUT2D eigenvalue weighted by atomic mass is 16.3. The van der Waals surface area contributed by atoms with E-state index in [1.54, 1.807) is 12.1 Å². The molecule has 0 bridgehead atoms. The number of aliphatic hydroxyl groups is 1. The molecule has 1 aromatic heterocycles. The number of amides is 1. The lowest BCUT2D eigenvalue weighted by Crippen LogP contribution is -2.54. The van der Waals surface area contributed by atoms with Gasteiger partial charge in [-0.05, 0) is 31.4 Å². The number of nitrogens with zero attached hydrogens (tertiary/aromatic N) is 3. The van der Waals surface area contributed by atoms with Crippen molar-refractivity contribution in [2.75, 3.05) is 29.0 Å².